The van der Waals surface area contributed by atoms with E-state index in [0.717, 1.165) is 30.4 Å². The van der Waals surface area contributed by atoms with Crippen molar-refractivity contribution in [2.45, 2.75) is 50.2 Å². The monoisotopic (exact) mass is 428 g/mol. The number of carbonyl (C=O) groups is 2. The molecule has 160 valence electrons. The molecule has 1 aliphatic heterocycles. The molecule has 0 bridgehead atoms. The molecule has 1 aromatic heterocycles. The lowest BCUT2D eigenvalue weighted by molar-refractivity contribution is -0.151. The molecule has 1 amide bonds. The predicted octanol–water partition coefficient (Wildman–Crippen LogP) is 3.10. The second-order valence-corrected chi connectivity index (χ2v) is 8.83. The Kier molecular flexibility index (Phi) is 6.72. The van der Waals surface area contributed by atoms with Crippen LogP contribution >= 0.6 is 11.8 Å². The summed E-state index contributed by atoms with van der Waals surface area (Å²) < 4.78 is 7.27. The van der Waals surface area contributed by atoms with E-state index in [1.54, 1.807) is 0 Å². The molecule has 2 fully saturated rings. The van der Waals surface area contributed by atoms with Gasteiger partial charge in [0, 0.05) is 19.0 Å². The van der Waals surface area contributed by atoms with E-state index >= 15 is 0 Å². The molecular weight excluding hydrogens is 400 g/mol. The van der Waals surface area contributed by atoms with Gasteiger partial charge in [-0.05, 0) is 38.2 Å². The molecule has 1 saturated heterocycles. The van der Waals surface area contributed by atoms with Crippen molar-refractivity contribution in [3.05, 3.63) is 41.7 Å². The van der Waals surface area contributed by atoms with Crippen LogP contribution < -0.4 is 0 Å². The smallest absolute Gasteiger partial charge is 0.309 e. The predicted molar refractivity (Wildman–Crippen MR) is 114 cm³/mol. The van der Waals surface area contributed by atoms with Crippen molar-refractivity contribution in [3.8, 4) is 0 Å². The number of hydrogen-bond donors (Lipinski definition) is 0. The van der Waals surface area contributed by atoms with Crippen LogP contribution in [-0.4, -0.2) is 57.0 Å². The summed E-state index contributed by atoms with van der Waals surface area (Å²) in [5.41, 5.74) is 1.20. The van der Waals surface area contributed by atoms with E-state index in [0.29, 0.717) is 44.2 Å². The van der Waals surface area contributed by atoms with Gasteiger partial charge in [0.15, 0.2) is 5.16 Å². The first kappa shape index (κ1) is 20.9. The van der Waals surface area contributed by atoms with Crippen molar-refractivity contribution >= 4 is 23.6 Å². The van der Waals surface area contributed by atoms with Crippen molar-refractivity contribution in [3.63, 3.8) is 0 Å². The number of carbonyl (C=O) groups excluding carboxylic acids is 2. The average molecular weight is 429 g/mol. The first-order valence-electron chi connectivity index (χ1n) is 10.7. The maximum absolute atomic E-state index is 12.7. The van der Waals surface area contributed by atoms with Crippen molar-refractivity contribution in [1.29, 1.82) is 0 Å². The summed E-state index contributed by atoms with van der Waals surface area (Å²) in [5.74, 6) is 1.72. The zero-order valence-corrected chi connectivity index (χ0v) is 18.1. The molecule has 2 heterocycles. The van der Waals surface area contributed by atoms with Gasteiger partial charge < -0.3 is 14.2 Å². The number of piperidine rings is 1. The number of nitrogens with zero attached hydrogens (tertiary/aromatic N) is 4. The first-order valence-corrected chi connectivity index (χ1v) is 11.7. The van der Waals surface area contributed by atoms with Gasteiger partial charge in [-0.25, -0.2) is 0 Å². The highest BCUT2D eigenvalue weighted by Gasteiger charge is 2.31. The summed E-state index contributed by atoms with van der Waals surface area (Å²) in [6, 6.07) is 10.3. The molecule has 0 unspecified atom stereocenters. The highest BCUT2D eigenvalue weighted by molar-refractivity contribution is 7.99. The topological polar surface area (TPSA) is 77.3 Å². The van der Waals surface area contributed by atoms with Gasteiger partial charge in [0.2, 0.25) is 5.91 Å². The molecule has 2 aromatic rings. The van der Waals surface area contributed by atoms with Gasteiger partial charge in [-0.1, -0.05) is 42.1 Å². The molecule has 4 rings (SSSR count). The zero-order valence-electron chi connectivity index (χ0n) is 17.3. The van der Waals surface area contributed by atoms with Crippen LogP contribution in [0.1, 0.15) is 49.9 Å². The Labute approximate surface area is 181 Å². The second-order valence-electron chi connectivity index (χ2n) is 7.88. The van der Waals surface area contributed by atoms with E-state index in [1.807, 2.05) is 30.0 Å². The molecule has 30 heavy (non-hydrogen) atoms. The van der Waals surface area contributed by atoms with Crippen molar-refractivity contribution < 1.29 is 14.3 Å². The lowest BCUT2D eigenvalue weighted by Crippen LogP contribution is -2.41. The van der Waals surface area contributed by atoms with Gasteiger partial charge in [0.1, 0.15) is 5.82 Å². The maximum Gasteiger partial charge on any atom is 0.309 e. The Morgan fingerprint density at radius 3 is 2.50 bits per heavy atom. The van der Waals surface area contributed by atoms with Crippen LogP contribution in [0.25, 0.3) is 0 Å². The summed E-state index contributed by atoms with van der Waals surface area (Å²) in [4.78, 5) is 26.5. The molecule has 0 N–H and O–H groups in total. The average Bonchev–Trinajstić information content (AvgIpc) is 3.55. The zero-order chi connectivity index (χ0) is 20.9. The first-order chi connectivity index (χ1) is 14.7. The summed E-state index contributed by atoms with van der Waals surface area (Å²) in [7, 11) is 0. The van der Waals surface area contributed by atoms with Gasteiger partial charge in [-0.3, -0.25) is 9.59 Å². The normalized spacial score (nSPS) is 17.2. The molecule has 1 aliphatic carbocycles. The number of rotatable bonds is 8. The van der Waals surface area contributed by atoms with Crippen molar-refractivity contribution in [2.24, 2.45) is 5.92 Å². The third kappa shape index (κ3) is 5.03. The Morgan fingerprint density at radius 1 is 1.10 bits per heavy atom. The van der Waals surface area contributed by atoms with Crippen LogP contribution in [-0.2, 0) is 20.9 Å². The van der Waals surface area contributed by atoms with Crippen LogP contribution in [0.5, 0.6) is 0 Å². The lowest BCUT2D eigenvalue weighted by Gasteiger charge is -2.30. The van der Waals surface area contributed by atoms with E-state index < -0.39 is 0 Å². The molecule has 0 atom stereocenters. The second kappa shape index (κ2) is 9.64. The number of benzene rings is 1. The van der Waals surface area contributed by atoms with Gasteiger partial charge in [0.25, 0.3) is 0 Å². The minimum atomic E-state index is -0.138. The van der Waals surface area contributed by atoms with E-state index in [9.17, 15) is 9.59 Å². The van der Waals surface area contributed by atoms with Gasteiger partial charge >= 0.3 is 5.97 Å². The Morgan fingerprint density at radius 2 is 1.83 bits per heavy atom. The van der Waals surface area contributed by atoms with Gasteiger partial charge in [0.05, 0.1) is 24.8 Å². The molecule has 2 aliphatic rings. The largest absolute Gasteiger partial charge is 0.466 e. The fourth-order valence-electron chi connectivity index (χ4n) is 3.81. The summed E-state index contributed by atoms with van der Waals surface area (Å²) in [6.07, 6.45) is 3.66. The number of amides is 1. The van der Waals surface area contributed by atoms with Crippen molar-refractivity contribution in [1.82, 2.24) is 19.7 Å². The van der Waals surface area contributed by atoms with Crippen LogP contribution in [0.15, 0.2) is 35.5 Å². The van der Waals surface area contributed by atoms with E-state index in [-0.39, 0.29) is 17.8 Å². The van der Waals surface area contributed by atoms with Gasteiger partial charge in [-0.2, -0.15) is 0 Å². The molecule has 1 aromatic carbocycles. The van der Waals surface area contributed by atoms with E-state index in [2.05, 4.69) is 26.9 Å². The number of likely N-dealkylation sites (tertiary alicyclic amines) is 1. The summed E-state index contributed by atoms with van der Waals surface area (Å²) in [5, 5.41) is 9.62. The molecule has 1 saturated carbocycles. The fourth-order valence-corrected chi connectivity index (χ4v) is 4.65. The van der Waals surface area contributed by atoms with E-state index in [4.69, 9.17) is 4.74 Å². The van der Waals surface area contributed by atoms with Crippen LogP contribution in [0, 0.1) is 5.92 Å². The SMILES string of the molecule is CCOC(=O)C1CCN(C(=O)CSc2nnc(C3CC3)n2Cc2ccccc2)CC1. The Hall–Kier alpha value is -2.35. The van der Waals surface area contributed by atoms with Crippen LogP contribution in [0.3, 0.4) is 0 Å². The number of aromatic nitrogens is 3. The Balaban J connectivity index is 1.35. The Bertz CT molecular complexity index is 874. The summed E-state index contributed by atoms with van der Waals surface area (Å²) in [6.45, 7) is 4.15. The molecular formula is C22H28N4O3S. The standard InChI is InChI=1S/C22H28N4O3S/c1-2-29-21(28)18-10-12-25(13-11-18)19(27)15-30-22-24-23-20(17-8-9-17)26(22)14-16-6-4-3-5-7-16/h3-7,17-18H,2,8-15H2,1H3. The summed E-state index contributed by atoms with van der Waals surface area (Å²) >= 11 is 1.46. The molecule has 0 radical (unpaired) electrons. The molecule has 0 spiro atoms. The third-order valence-electron chi connectivity index (χ3n) is 5.66. The minimum Gasteiger partial charge on any atom is -0.466 e. The van der Waals surface area contributed by atoms with E-state index in [1.165, 1.54) is 17.3 Å². The molecule has 7 nitrogen and oxygen atoms in total. The maximum atomic E-state index is 12.7. The number of esters is 1. The quantitative estimate of drug-likeness (QED) is 0.475. The highest BCUT2D eigenvalue weighted by atomic mass is 32.2. The number of hydrogen-bond acceptors (Lipinski definition) is 6. The van der Waals surface area contributed by atoms with Crippen molar-refractivity contribution in [2.75, 3.05) is 25.4 Å². The fraction of sp³-hybridized carbons (Fsp3) is 0.545. The minimum absolute atomic E-state index is 0.0864. The van der Waals surface area contributed by atoms with Crippen LogP contribution in [0.4, 0.5) is 0 Å². The number of thioether (sulfide) groups is 1. The highest BCUT2D eigenvalue weighted by Crippen LogP contribution is 2.40. The third-order valence-corrected chi connectivity index (χ3v) is 6.62. The lowest BCUT2D eigenvalue weighted by atomic mass is 9.97. The molecule has 8 heteroatoms. The van der Waals surface area contributed by atoms with Gasteiger partial charge in [-0.15, -0.1) is 10.2 Å². The van der Waals surface area contributed by atoms with Crippen LogP contribution in [0.2, 0.25) is 0 Å². The number of ether oxygens (including phenoxy) is 1.